The van der Waals surface area contributed by atoms with Crippen molar-refractivity contribution in [2.45, 2.75) is 76.4 Å². The molecule has 0 saturated carbocycles. The number of aliphatic hydroxyl groups is 2. The first kappa shape index (κ1) is 32.2. The Morgan fingerprint density at radius 3 is 2.64 bits per heavy atom. The number of aromatic nitrogens is 7. The number of anilines is 1. The van der Waals surface area contributed by atoms with Crippen molar-refractivity contribution in [2.24, 2.45) is 0 Å². The van der Waals surface area contributed by atoms with E-state index >= 15 is 0 Å². The molecule has 0 unspecified atom stereocenters. The molecule has 0 spiro atoms. The number of phenols is 1. The highest BCUT2D eigenvalue weighted by molar-refractivity contribution is 7.85. The molecule has 45 heavy (non-hydrogen) atoms. The van der Waals surface area contributed by atoms with Gasteiger partial charge in [0.05, 0.1) is 30.4 Å². The number of hydrogen-bond donors (Lipinski definition) is 5. The first-order valence-electron chi connectivity index (χ1n) is 14.5. The summed E-state index contributed by atoms with van der Waals surface area (Å²) in [5.74, 6) is -1.43. The fourth-order valence-corrected chi connectivity index (χ4v) is 5.64. The molecule has 1 aromatic carbocycles. The summed E-state index contributed by atoms with van der Waals surface area (Å²) >= 11 is 0. The zero-order chi connectivity index (χ0) is 32.1. The minimum Gasteiger partial charge on any atom is -0.507 e. The van der Waals surface area contributed by atoms with Crippen LogP contribution in [0.4, 0.5) is 5.82 Å². The van der Waals surface area contributed by atoms with Gasteiger partial charge in [-0.1, -0.05) is 56.4 Å². The van der Waals surface area contributed by atoms with Crippen LogP contribution in [0.15, 0.2) is 36.8 Å². The van der Waals surface area contributed by atoms with E-state index < -0.39 is 53.1 Å². The Morgan fingerprint density at radius 1 is 1.11 bits per heavy atom. The summed E-state index contributed by atoms with van der Waals surface area (Å²) < 4.78 is 39.7. The number of ether oxygens (including phenoxy) is 1. The van der Waals surface area contributed by atoms with Crippen LogP contribution >= 0.6 is 0 Å². The summed E-state index contributed by atoms with van der Waals surface area (Å²) in [7, 11) is -4.69. The van der Waals surface area contributed by atoms with Crippen LogP contribution < -0.4 is 10.5 Å². The summed E-state index contributed by atoms with van der Waals surface area (Å²) in [6.45, 7) is 1.42. The van der Waals surface area contributed by atoms with Crippen LogP contribution in [0.1, 0.15) is 67.7 Å². The van der Waals surface area contributed by atoms with Gasteiger partial charge in [0.15, 0.2) is 17.7 Å². The summed E-state index contributed by atoms with van der Waals surface area (Å²) in [5, 5.41) is 39.5. The van der Waals surface area contributed by atoms with Gasteiger partial charge in [-0.05, 0) is 25.0 Å². The van der Waals surface area contributed by atoms with Crippen molar-refractivity contribution in [3.63, 3.8) is 0 Å². The van der Waals surface area contributed by atoms with Crippen molar-refractivity contribution in [3.8, 4) is 11.7 Å². The fourth-order valence-electron chi connectivity index (χ4n) is 4.93. The lowest BCUT2D eigenvalue weighted by Gasteiger charge is -2.16. The van der Waals surface area contributed by atoms with Crippen LogP contribution in [0.2, 0.25) is 0 Å². The lowest BCUT2D eigenvalue weighted by Crippen LogP contribution is -2.37. The normalized spacial score (nSPS) is 20.2. The van der Waals surface area contributed by atoms with Gasteiger partial charge in [0.2, 0.25) is 0 Å². The standard InChI is InChI=1S/C27H35N9O8S/c1-2-3-4-5-6-7-10-16-13-36(34-32-16)27-30-23(28)20-24(31-27)35(15-29-20)26-22(39)21(38)19(44-26)14-43-45(41,42)33-25(40)17-11-8-9-12-18(17)37/h8-9,11-13,15,19,21-22,26,37-39H,2-7,10,14H2,1H3,(H,33,40)(H2,28,30,31)/t19-,21-,22-,26-/m1/s1. The number of fused-ring (bicyclic) bond motifs is 1. The highest BCUT2D eigenvalue weighted by Crippen LogP contribution is 2.32. The lowest BCUT2D eigenvalue weighted by molar-refractivity contribution is -0.0468. The zero-order valence-electron chi connectivity index (χ0n) is 24.4. The van der Waals surface area contributed by atoms with Gasteiger partial charge in [-0.3, -0.25) is 13.5 Å². The molecule has 1 aliphatic rings. The van der Waals surface area contributed by atoms with E-state index in [0.29, 0.717) is 0 Å². The average Bonchev–Trinajstić information content (AvgIpc) is 3.72. The Bertz CT molecular complexity index is 1740. The second kappa shape index (κ2) is 13.8. The molecule has 1 saturated heterocycles. The molecule has 4 aromatic rings. The zero-order valence-corrected chi connectivity index (χ0v) is 25.2. The number of amides is 1. The van der Waals surface area contributed by atoms with Crippen molar-refractivity contribution >= 4 is 33.2 Å². The number of nitrogen functional groups attached to an aromatic ring is 1. The van der Waals surface area contributed by atoms with E-state index in [4.69, 9.17) is 14.7 Å². The van der Waals surface area contributed by atoms with Crippen LogP contribution in [0.5, 0.6) is 5.75 Å². The number of carbonyl (C=O) groups excluding carboxylic acids is 1. The number of unbranched alkanes of at least 4 members (excludes halogenated alkanes) is 5. The first-order valence-corrected chi connectivity index (χ1v) is 15.9. The predicted molar refractivity (Wildman–Crippen MR) is 158 cm³/mol. The fraction of sp³-hybridized carbons (Fsp3) is 0.481. The molecule has 0 radical (unpaired) electrons. The van der Waals surface area contributed by atoms with Gasteiger partial charge in [-0.2, -0.15) is 23.1 Å². The second-order valence-corrected chi connectivity index (χ2v) is 12.0. The maximum Gasteiger partial charge on any atom is 0.362 e. The van der Waals surface area contributed by atoms with Gasteiger partial charge in [0, 0.05) is 0 Å². The largest absolute Gasteiger partial charge is 0.507 e. The number of para-hydroxylation sites is 1. The van der Waals surface area contributed by atoms with E-state index in [1.807, 2.05) is 0 Å². The van der Waals surface area contributed by atoms with E-state index in [1.165, 1.54) is 65.5 Å². The Labute approximate surface area is 258 Å². The van der Waals surface area contributed by atoms with E-state index in [1.54, 1.807) is 10.9 Å². The third-order valence-electron chi connectivity index (χ3n) is 7.33. The molecule has 1 amide bonds. The average molecular weight is 646 g/mol. The number of aromatic hydroxyl groups is 1. The van der Waals surface area contributed by atoms with Crippen LogP contribution in [-0.4, -0.2) is 89.1 Å². The molecular formula is C27H35N9O8S. The smallest absolute Gasteiger partial charge is 0.362 e. The number of aryl methyl sites for hydroxylation is 1. The number of carbonyl (C=O) groups is 1. The highest BCUT2D eigenvalue weighted by Gasteiger charge is 2.45. The minimum absolute atomic E-state index is 0.0286. The maximum atomic E-state index is 12.4. The molecule has 6 N–H and O–H groups in total. The van der Waals surface area contributed by atoms with Gasteiger partial charge in [-0.15, -0.1) is 5.10 Å². The molecule has 18 heteroatoms. The van der Waals surface area contributed by atoms with Gasteiger partial charge in [0.1, 0.15) is 29.6 Å². The molecule has 17 nitrogen and oxygen atoms in total. The molecule has 0 bridgehead atoms. The summed E-state index contributed by atoms with van der Waals surface area (Å²) in [6.07, 6.45) is 4.89. The SMILES string of the molecule is CCCCCCCCc1cn(-c2nc(N)c3ncn([C@@H]4O[C@H](COS(=O)(=O)NC(=O)c5ccccc5O)[C@@H](O)[C@H]4O)c3n2)nn1. The van der Waals surface area contributed by atoms with E-state index in [-0.39, 0.29) is 28.5 Å². The Balaban J connectivity index is 1.26. The number of benzene rings is 1. The van der Waals surface area contributed by atoms with Crippen molar-refractivity contribution in [1.82, 2.24) is 39.2 Å². The highest BCUT2D eigenvalue weighted by atomic mass is 32.2. The number of phenolic OH excluding ortho intramolecular Hbond substituents is 1. The molecule has 4 heterocycles. The van der Waals surface area contributed by atoms with Crippen LogP contribution in [0, 0.1) is 0 Å². The molecule has 4 atom stereocenters. The number of nitrogens with two attached hydrogens (primary N) is 1. The second-order valence-electron chi connectivity index (χ2n) is 10.6. The van der Waals surface area contributed by atoms with Crippen molar-refractivity contribution in [1.29, 1.82) is 0 Å². The molecule has 242 valence electrons. The Kier molecular flexibility index (Phi) is 9.88. The Hall–Kier alpha value is -4.23. The van der Waals surface area contributed by atoms with Crippen molar-refractivity contribution in [3.05, 3.63) is 48.0 Å². The van der Waals surface area contributed by atoms with Crippen LogP contribution in [0.3, 0.4) is 0 Å². The van der Waals surface area contributed by atoms with Crippen LogP contribution in [-0.2, 0) is 25.6 Å². The molecule has 1 aliphatic heterocycles. The third-order valence-corrected chi connectivity index (χ3v) is 8.22. The number of nitrogens with zero attached hydrogens (tertiary/aromatic N) is 7. The third kappa shape index (κ3) is 7.36. The molecule has 1 fully saturated rings. The molecular weight excluding hydrogens is 610 g/mol. The number of aliphatic hydroxyl groups excluding tert-OH is 2. The minimum atomic E-state index is -4.69. The molecule has 5 rings (SSSR count). The number of rotatable bonds is 14. The van der Waals surface area contributed by atoms with E-state index in [2.05, 4.69) is 32.2 Å². The van der Waals surface area contributed by atoms with Gasteiger partial charge in [0.25, 0.3) is 11.9 Å². The molecule has 0 aliphatic carbocycles. The Morgan fingerprint density at radius 2 is 1.87 bits per heavy atom. The van der Waals surface area contributed by atoms with Crippen molar-refractivity contribution in [2.75, 3.05) is 12.3 Å². The van der Waals surface area contributed by atoms with Gasteiger partial charge < -0.3 is 25.8 Å². The molecule has 3 aromatic heterocycles. The summed E-state index contributed by atoms with van der Waals surface area (Å²) in [6, 6.07) is 5.34. The van der Waals surface area contributed by atoms with E-state index in [0.717, 1.165) is 25.0 Å². The van der Waals surface area contributed by atoms with E-state index in [9.17, 15) is 28.5 Å². The maximum absolute atomic E-state index is 12.4. The topological polar surface area (TPSA) is 243 Å². The summed E-state index contributed by atoms with van der Waals surface area (Å²) in [4.78, 5) is 25.3. The monoisotopic (exact) mass is 645 g/mol. The quantitative estimate of drug-likeness (QED) is 0.120. The van der Waals surface area contributed by atoms with Gasteiger partial charge >= 0.3 is 10.3 Å². The lowest BCUT2D eigenvalue weighted by atomic mass is 10.1. The van der Waals surface area contributed by atoms with Crippen molar-refractivity contribution < 1.29 is 37.5 Å². The number of hydrogen-bond acceptors (Lipinski definition) is 14. The predicted octanol–water partition coefficient (Wildman–Crippen LogP) is 0.908. The first-order chi connectivity index (χ1) is 21.6. The van der Waals surface area contributed by atoms with Crippen LogP contribution in [0.25, 0.3) is 17.1 Å². The summed E-state index contributed by atoms with van der Waals surface area (Å²) in [5.41, 5.74) is 6.99. The number of imidazole rings is 1. The van der Waals surface area contributed by atoms with Gasteiger partial charge in [-0.25, -0.2) is 9.71 Å². The number of nitrogens with one attached hydrogen (secondary N) is 1.